The van der Waals surface area contributed by atoms with Crippen LogP contribution in [0.15, 0.2) is 10.5 Å². The number of methoxy groups -OCH3 is 2. The number of hydrogen-bond donors (Lipinski definition) is 1. The average molecular weight is 358 g/mol. The highest BCUT2D eigenvalue weighted by atomic mass is 79.9. The Kier molecular flexibility index (Phi) is 5.82. The van der Waals surface area contributed by atoms with E-state index in [2.05, 4.69) is 15.9 Å². The molecule has 4 nitrogen and oxygen atoms in total. The molecular formula is C16H24BrNO3. The van der Waals surface area contributed by atoms with Gasteiger partial charge >= 0.3 is 5.97 Å². The lowest BCUT2D eigenvalue weighted by Crippen LogP contribution is -2.30. The lowest BCUT2D eigenvalue weighted by Gasteiger charge is -2.28. The molecule has 5 heteroatoms. The first-order chi connectivity index (χ1) is 9.65. The van der Waals surface area contributed by atoms with Crippen molar-refractivity contribution in [1.29, 1.82) is 0 Å². The molecule has 0 aromatic heterocycles. The smallest absolute Gasteiger partial charge is 0.311 e. The van der Waals surface area contributed by atoms with Gasteiger partial charge < -0.3 is 15.2 Å². The zero-order valence-corrected chi connectivity index (χ0v) is 15.1. The number of benzene rings is 1. The Balaban J connectivity index is 3.24. The van der Waals surface area contributed by atoms with E-state index in [9.17, 15) is 4.79 Å². The number of carbonyl (C=O) groups is 1. The summed E-state index contributed by atoms with van der Waals surface area (Å²) in [7, 11) is 3.03. The molecule has 1 rings (SSSR count). The zero-order valence-electron chi connectivity index (χ0n) is 13.5. The Morgan fingerprint density at radius 2 is 1.95 bits per heavy atom. The van der Waals surface area contributed by atoms with Crippen molar-refractivity contribution in [3.63, 3.8) is 0 Å². The van der Waals surface area contributed by atoms with Crippen LogP contribution in [0.1, 0.15) is 43.0 Å². The summed E-state index contributed by atoms with van der Waals surface area (Å²) in [5.74, 6) is 0.519. The van der Waals surface area contributed by atoms with Crippen molar-refractivity contribution >= 4 is 21.9 Å². The second-order valence-electron chi connectivity index (χ2n) is 5.93. The molecule has 0 heterocycles. The molecule has 0 fully saturated rings. The molecule has 2 N–H and O–H groups in total. The molecule has 0 saturated heterocycles. The molecule has 118 valence electrons. The summed E-state index contributed by atoms with van der Waals surface area (Å²) in [5.41, 5.74) is 8.70. The van der Waals surface area contributed by atoms with E-state index in [1.807, 2.05) is 33.8 Å². The van der Waals surface area contributed by atoms with Gasteiger partial charge in [0, 0.05) is 16.1 Å². The van der Waals surface area contributed by atoms with Gasteiger partial charge in [-0.15, -0.1) is 0 Å². The quantitative estimate of drug-likeness (QED) is 0.816. The minimum Gasteiger partial charge on any atom is -0.496 e. The van der Waals surface area contributed by atoms with Crippen LogP contribution >= 0.6 is 15.9 Å². The fourth-order valence-electron chi connectivity index (χ4n) is 2.60. The summed E-state index contributed by atoms with van der Waals surface area (Å²) < 4.78 is 11.4. The molecule has 0 amide bonds. The number of halogens is 1. The average Bonchev–Trinajstić information content (AvgIpc) is 2.40. The van der Waals surface area contributed by atoms with Crippen LogP contribution in [0.4, 0.5) is 0 Å². The summed E-state index contributed by atoms with van der Waals surface area (Å²) in [5, 5.41) is 0. The molecule has 0 saturated carbocycles. The van der Waals surface area contributed by atoms with E-state index in [0.717, 1.165) is 26.9 Å². The van der Waals surface area contributed by atoms with Crippen LogP contribution in [0.25, 0.3) is 0 Å². The van der Waals surface area contributed by atoms with Gasteiger partial charge in [-0.05, 0) is 51.3 Å². The van der Waals surface area contributed by atoms with E-state index >= 15 is 0 Å². The molecular weight excluding hydrogens is 334 g/mol. The first-order valence-corrected chi connectivity index (χ1v) is 7.62. The highest BCUT2D eigenvalue weighted by Crippen LogP contribution is 2.39. The molecule has 21 heavy (non-hydrogen) atoms. The first-order valence-electron chi connectivity index (χ1n) is 6.83. The maximum absolute atomic E-state index is 11.9. The molecule has 0 aliphatic carbocycles. The Bertz CT molecular complexity index is 541. The van der Waals surface area contributed by atoms with Crippen molar-refractivity contribution in [3.8, 4) is 5.75 Å². The summed E-state index contributed by atoms with van der Waals surface area (Å²) in [6, 6.07) is 1.70. The molecule has 0 spiro atoms. The van der Waals surface area contributed by atoms with Gasteiger partial charge in [0.05, 0.1) is 19.6 Å². The Hall–Kier alpha value is -1.07. The van der Waals surface area contributed by atoms with Crippen LogP contribution in [0.3, 0.4) is 0 Å². The minimum absolute atomic E-state index is 0.263. The van der Waals surface area contributed by atoms with Crippen molar-refractivity contribution in [1.82, 2.24) is 0 Å². The number of esters is 1. The predicted molar refractivity (Wildman–Crippen MR) is 87.5 cm³/mol. The third kappa shape index (κ3) is 3.77. The van der Waals surface area contributed by atoms with E-state index < -0.39 is 5.41 Å². The maximum atomic E-state index is 11.9. The second kappa shape index (κ2) is 6.79. The molecule has 0 aliphatic rings. The highest BCUT2D eigenvalue weighted by molar-refractivity contribution is 9.10. The summed E-state index contributed by atoms with van der Waals surface area (Å²) in [4.78, 5) is 11.9. The van der Waals surface area contributed by atoms with Gasteiger partial charge in [-0.25, -0.2) is 0 Å². The monoisotopic (exact) mass is 357 g/mol. The fourth-order valence-corrected chi connectivity index (χ4v) is 3.16. The van der Waals surface area contributed by atoms with E-state index in [0.29, 0.717) is 6.42 Å². The van der Waals surface area contributed by atoms with Gasteiger partial charge in [0.25, 0.3) is 0 Å². The highest BCUT2D eigenvalue weighted by Gasteiger charge is 2.33. The maximum Gasteiger partial charge on any atom is 0.311 e. The number of rotatable bonds is 5. The summed E-state index contributed by atoms with van der Waals surface area (Å²) in [6.45, 7) is 7.65. The Morgan fingerprint density at radius 3 is 2.43 bits per heavy atom. The summed E-state index contributed by atoms with van der Waals surface area (Å²) in [6.07, 6.45) is 0.479. The van der Waals surface area contributed by atoms with Crippen molar-refractivity contribution in [2.24, 2.45) is 11.1 Å². The largest absolute Gasteiger partial charge is 0.496 e. The standard InChI is InChI=1S/C16H24BrNO3/c1-9-7-11(17)10(2)13(14(9)20-5)12(18)8-16(3,4)15(19)21-6/h7,12H,8,18H2,1-6H3. The molecule has 1 aromatic carbocycles. The van der Waals surface area contributed by atoms with Crippen LogP contribution in [0.5, 0.6) is 5.75 Å². The SMILES string of the molecule is COC(=O)C(C)(C)CC(N)c1c(C)c(Br)cc(C)c1OC. The minimum atomic E-state index is -0.651. The van der Waals surface area contributed by atoms with Gasteiger partial charge in [-0.2, -0.15) is 0 Å². The topological polar surface area (TPSA) is 61.5 Å². The van der Waals surface area contributed by atoms with Crippen LogP contribution < -0.4 is 10.5 Å². The molecule has 0 bridgehead atoms. The van der Waals surface area contributed by atoms with Gasteiger partial charge in [-0.3, -0.25) is 4.79 Å². The van der Waals surface area contributed by atoms with Crippen LogP contribution in [-0.2, 0) is 9.53 Å². The zero-order chi connectivity index (χ0) is 16.4. The third-order valence-electron chi connectivity index (χ3n) is 3.75. The molecule has 1 unspecified atom stereocenters. The Morgan fingerprint density at radius 1 is 1.38 bits per heavy atom. The summed E-state index contributed by atoms with van der Waals surface area (Å²) >= 11 is 3.55. The molecule has 0 radical (unpaired) electrons. The lowest BCUT2D eigenvalue weighted by atomic mass is 9.82. The van der Waals surface area contributed by atoms with Gasteiger partial charge in [-0.1, -0.05) is 15.9 Å². The van der Waals surface area contributed by atoms with Crippen LogP contribution in [0.2, 0.25) is 0 Å². The van der Waals surface area contributed by atoms with Gasteiger partial charge in [0.1, 0.15) is 5.75 Å². The number of aryl methyl sites for hydroxylation is 1. The van der Waals surface area contributed by atoms with E-state index in [1.165, 1.54) is 7.11 Å². The predicted octanol–water partition coefficient (Wildman–Crippen LogP) is 3.66. The normalized spacial score (nSPS) is 13.0. The molecule has 1 atom stereocenters. The molecule has 0 aliphatic heterocycles. The second-order valence-corrected chi connectivity index (χ2v) is 6.79. The Labute approximate surface area is 135 Å². The van der Waals surface area contributed by atoms with Crippen molar-refractivity contribution in [2.75, 3.05) is 14.2 Å². The number of carbonyl (C=O) groups excluding carboxylic acids is 1. The van der Waals surface area contributed by atoms with Crippen LogP contribution in [-0.4, -0.2) is 20.2 Å². The lowest BCUT2D eigenvalue weighted by molar-refractivity contribution is -0.151. The van der Waals surface area contributed by atoms with Crippen molar-refractivity contribution in [3.05, 3.63) is 27.2 Å². The van der Waals surface area contributed by atoms with Gasteiger partial charge in [0.15, 0.2) is 0 Å². The number of ether oxygens (including phenoxy) is 2. The third-order valence-corrected chi connectivity index (χ3v) is 4.58. The van der Waals surface area contributed by atoms with Gasteiger partial charge in [0.2, 0.25) is 0 Å². The van der Waals surface area contributed by atoms with E-state index in [1.54, 1.807) is 7.11 Å². The molecule has 1 aromatic rings. The van der Waals surface area contributed by atoms with Crippen molar-refractivity contribution in [2.45, 2.75) is 40.2 Å². The van der Waals surface area contributed by atoms with E-state index in [-0.39, 0.29) is 12.0 Å². The number of nitrogens with two attached hydrogens (primary N) is 1. The number of hydrogen-bond acceptors (Lipinski definition) is 4. The van der Waals surface area contributed by atoms with E-state index in [4.69, 9.17) is 15.2 Å². The first kappa shape index (κ1) is 18.0. The van der Waals surface area contributed by atoms with Crippen molar-refractivity contribution < 1.29 is 14.3 Å². The fraction of sp³-hybridized carbons (Fsp3) is 0.562. The van der Waals surface area contributed by atoms with Crippen LogP contribution in [0, 0.1) is 19.3 Å².